The van der Waals surface area contributed by atoms with E-state index in [9.17, 15) is 0 Å². The monoisotopic (exact) mass is 370 g/mol. The van der Waals surface area contributed by atoms with Crippen LogP contribution in [0.1, 0.15) is 30.9 Å². The maximum atomic E-state index is 5.93. The number of methoxy groups -OCH3 is 1. The molecule has 0 bridgehead atoms. The van der Waals surface area contributed by atoms with Gasteiger partial charge in [-0.15, -0.1) is 6.42 Å². The highest BCUT2D eigenvalue weighted by Crippen LogP contribution is 2.31. The fourth-order valence-corrected chi connectivity index (χ4v) is 3.29. The van der Waals surface area contributed by atoms with E-state index in [4.69, 9.17) is 15.9 Å². The standard InChI is InChI=1S/C26H26O2/c1-4-26(2,22-15-17-23(27-3)18-16-22)19-9-11-21-10-8-14-25(20-21)28-24-12-6-5-7-13-24/h1,5-8,10,12-18,20H,9,11,19H2,2-3H3. The summed E-state index contributed by atoms with van der Waals surface area (Å²) in [6, 6.07) is 26.2. The minimum Gasteiger partial charge on any atom is -0.497 e. The van der Waals surface area contributed by atoms with Crippen LogP contribution < -0.4 is 9.47 Å². The van der Waals surface area contributed by atoms with E-state index >= 15 is 0 Å². The van der Waals surface area contributed by atoms with Crippen LogP contribution in [-0.2, 0) is 11.8 Å². The maximum Gasteiger partial charge on any atom is 0.127 e. The molecule has 2 heteroatoms. The molecule has 0 saturated carbocycles. The van der Waals surface area contributed by atoms with Crippen LogP contribution in [0, 0.1) is 12.3 Å². The van der Waals surface area contributed by atoms with Gasteiger partial charge in [0.05, 0.1) is 12.5 Å². The Morgan fingerprint density at radius 2 is 1.57 bits per heavy atom. The molecule has 0 fully saturated rings. The van der Waals surface area contributed by atoms with Crippen molar-refractivity contribution in [2.24, 2.45) is 0 Å². The molecule has 2 nitrogen and oxygen atoms in total. The zero-order chi connectivity index (χ0) is 19.8. The minimum absolute atomic E-state index is 0.287. The van der Waals surface area contributed by atoms with Gasteiger partial charge >= 0.3 is 0 Å². The van der Waals surface area contributed by atoms with Crippen molar-refractivity contribution in [1.82, 2.24) is 0 Å². The van der Waals surface area contributed by atoms with Crippen LogP contribution in [0.3, 0.4) is 0 Å². The summed E-state index contributed by atoms with van der Waals surface area (Å²) in [5.74, 6) is 5.55. The Bertz CT molecular complexity index is 923. The molecule has 1 unspecified atom stereocenters. The van der Waals surface area contributed by atoms with Gasteiger partial charge in [-0.1, -0.05) is 48.4 Å². The third-order valence-corrected chi connectivity index (χ3v) is 5.07. The van der Waals surface area contributed by atoms with Crippen molar-refractivity contribution in [3.63, 3.8) is 0 Å². The third-order valence-electron chi connectivity index (χ3n) is 5.07. The van der Waals surface area contributed by atoms with Gasteiger partial charge in [0, 0.05) is 0 Å². The fraction of sp³-hybridized carbons (Fsp3) is 0.231. The molecular formula is C26H26O2. The SMILES string of the molecule is C#CC(C)(CCCc1cccc(Oc2ccccc2)c1)c1ccc(OC)cc1. The predicted molar refractivity (Wildman–Crippen MR) is 115 cm³/mol. The van der Waals surface area contributed by atoms with Gasteiger partial charge in [0.1, 0.15) is 17.2 Å². The number of hydrogen-bond donors (Lipinski definition) is 0. The molecular weight excluding hydrogens is 344 g/mol. The van der Waals surface area contributed by atoms with Gasteiger partial charge in [0.2, 0.25) is 0 Å². The molecule has 142 valence electrons. The molecule has 1 atom stereocenters. The van der Waals surface area contributed by atoms with Gasteiger partial charge in [-0.05, 0) is 73.7 Å². The third kappa shape index (κ3) is 4.96. The lowest BCUT2D eigenvalue weighted by Crippen LogP contribution is -2.19. The number of para-hydroxylation sites is 1. The number of rotatable bonds is 8. The fourth-order valence-electron chi connectivity index (χ4n) is 3.29. The lowest BCUT2D eigenvalue weighted by atomic mass is 9.78. The molecule has 0 saturated heterocycles. The zero-order valence-corrected chi connectivity index (χ0v) is 16.5. The van der Waals surface area contributed by atoms with Gasteiger partial charge in [0.15, 0.2) is 0 Å². The van der Waals surface area contributed by atoms with Crippen molar-refractivity contribution in [2.45, 2.75) is 31.6 Å². The first-order chi connectivity index (χ1) is 13.6. The first kappa shape index (κ1) is 19.6. The summed E-state index contributed by atoms with van der Waals surface area (Å²) >= 11 is 0. The predicted octanol–water partition coefficient (Wildman–Crippen LogP) is 6.40. The molecule has 3 rings (SSSR count). The largest absolute Gasteiger partial charge is 0.497 e. The lowest BCUT2D eigenvalue weighted by Gasteiger charge is -2.24. The Morgan fingerprint density at radius 1 is 0.857 bits per heavy atom. The molecule has 0 heterocycles. The van der Waals surface area contributed by atoms with Gasteiger partial charge in [-0.25, -0.2) is 0 Å². The zero-order valence-electron chi connectivity index (χ0n) is 16.5. The summed E-state index contributed by atoms with van der Waals surface area (Å²) in [6.07, 6.45) is 8.77. The second-order valence-electron chi connectivity index (χ2n) is 7.12. The summed E-state index contributed by atoms with van der Waals surface area (Å²) in [6.45, 7) is 2.13. The second kappa shape index (κ2) is 9.15. The van der Waals surface area contributed by atoms with E-state index < -0.39 is 0 Å². The molecule has 0 amide bonds. The summed E-state index contributed by atoms with van der Waals surface area (Å²) in [7, 11) is 1.67. The van der Waals surface area contributed by atoms with E-state index in [2.05, 4.69) is 37.1 Å². The van der Waals surface area contributed by atoms with Crippen molar-refractivity contribution < 1.29 is 9.47 Å². The highest BCUT2D eigenvalue weighted by Gasteiger charge is 2.23. The molecule has 3 aromatic carbocycles. The second-order valence-corrected chi connectivity index (χ2v) is 7.12. The van der Waals surface area contributed by atoms with Crippen molar-refractivity contribution in [2.75, 3.05) is 7.11 Å². The lowest BCUT2D eigenvalue weighted by molar-refractivity contribution is 0.414. The molecule has 0 aliphatic carbocycles. The van der Waals surface area contributed by atoms with Gasteiger partial charge in [-0.3, -0.25) is 0 Å². The maximum absolute atomic E-state index is 5.93. The molecule has 0 N–H and O–H groups in total. The van der Waals surface area contributed by atoms with E-state index in [1.807, 2.05) is 54.6 Å². The number of aryl methyl sites for hydroxylation is 1. The highest BCUT2D eigenvalue weighted by atomic mass is 16.5. The molecule has 0 radical (unpaired) electrons. The Kier molecular flexibility index (Phi) is 6.40. The van der Waals surface area contributed by atoms with Crippen LogP contribution in [0.25, 0.3) is 0 Å². The molecule has 3 aromatic rings. The van der Waals surface area contributed by atoms with Gasteiger partial charge < -0.3 is 9.47 Å². The van der Waals surface area contributed by atoms with E-state index in [0.29, 0.717) is 0 Å². The number of hydrogen-bond acceptors (Lipinski definition) is 2. The molecule has 0 aliphatic heterocycles. The summed E-state index contributed by atoms with van der Waals surface area (Å²) in [4.78, 5) is 0. The van der Waals surface area contributed by atoms with E-state index in [0.717, 1.165) is 42.1 Å². The molecule has 0 aromatic heterocycles. The average molecular weight is 370 g/mol. The molecule has 0 spiro atoms. The van der Waals surface area contributed by atoms with Gasteiger partial charge in [-0.2, -0.15) is 0 Å². The normalized spacial score (nSPS) is 12.6. The van der Waals surface area contributed by atoms with Crippen LogP contribution in [0.4, 0.5) is 0 Å². The Balaban J connectivity index is 1.61. The molecule has 28 heavy (non-hydrogen) atoms. The van der Waals surface area contributed by atoms with Crippen LogP contribution in [0.2, 0.25) is 0 Å². The number of ether oxygens (including phenoxy) is 2. The van der Waals surface area contributed by atoms with Crippen LogP contribution >= 0.6 is 0 Å². The first-order valence-electron chi connectivity index (χ1n) is 9.57. The first-order valence-corrected chi connectivity index (χ1v) is 9.57. The highest BCUT2D eigenvalue weighted by molar-refractivity contribution is 5.37. The Labute approximate surface area is 168 Å². The molecule has 0 aliphatic rings. The minimum atomic E-state index is -0.287. The Morgan fingerprint density at radius 3 is 2.25 bits per heavy atom. The van der Waals surface area contributed by atoms with Gasteiger partial charge in [0.25, 0.3) is 0 Å². The quantitative estimate of drug-likeness (QED) is 0.427. The van der Waals surface area contributed by atoms with E-state index in [1.165, 1.54) is 5.56 Å². The van der Waals surface area contributed by atoms with Crippen molar-refractivity contribution >= 4 is 0 Å². The Hall–Kier alpha value is -3.18. The topological polar surface area (TPSA) is 18.5 Å². The summed E-state index contributed by atoms with van der Waals surface area (Å²) in [5.41, 5.74) is 2.12. The number of benzene rings is 3. The van der Waals surface area contributed by atoms with Crippen molar-refractivity contribution in [1.29, 1.82) is 0 Å². The van der Waals surface area contributed by atoms with E-state index in [1.54, 1.807) is 7.11 Å². The smallest absolute Gasteiger partial charge is 0.127 e. The van der Waals surface area contributed by atoms with Crippen LogP contribution in [0.15, 0.2) is 78.9 Å². The number of terminal acetylenes is 1. The van der Waals surface area contributed by atoms with Crippen molar-refractivity contribution in [3.8, 4) is 29.6 Å². The van der Waals surface area contributed by atoms with Crippen LogP contribution in [0.5, 0.6) is 17.2 Å². The summed E-state index contributed by atoms with van der Waals surface area (Å²) in [5, 5.41) is 0. The van der Waals surface area contributed by atoms with E-state index in [-0.39, 0.29) is 5.41 Å². The van der Waals surface area contributed by atoms with Crippen molar-refractivity contribution in [3.05, 3.63) is 90.0 Å². The van der Waals surface area contributed by atoms with Crippen LogP contribution in [-0.4, -0.2) is 7.11 Å². The average Bonchev–Trinajstić information content (AvgIpc) is 2.75. The summed E-state index contributed by atoms with van der Waals surface area (Å²) < 4.78 is 11.2.